The summed E-state index contributed by atoms with van der Waals surface area (Å²) in [5.74, 6) is -0.0815. The van der Waals surface area contributed by atoms with Gasteiger partial charge in [-0.25, -0.2) is 5.10 Å². The van der Waals surface area contributed by atoms with E-state index < -0.39 is 0 Å². The van der Waals surface area contributed by atoms with E-state index in [1.807, 2.05) is 29.2 Å². The van der Waals surface area contributed by atoms with Crippen LogP contribution in [0.2, 0.25) is 0 Å². The number of H-pyrrole nitrogens is 1. The van der Waals surface area contributed by atoms with Gasteiger partial charge in [-0.3, -0.25) is 19.5 Å². The van der Waals surface area contributed by atoms with Crippen LogP contribution in [-0.2, 0) is 6.42 Å². The minimum atomic E-state index is -0.212. The minimum Gasteiger partial charge on any atom is -0.395 e. The molecule has 3 heterocycles. The third-order valence-electron chi connectivity index (χ3n) is 5.48. The molecule has 156 valence electrons. The Morgan fingerprint density at radius 3 is 2.77 bits per heavy atom. The predicted octanol–water partition coefficient (Wildman–Crippen LogP) is 1.05. The molecule has 0 spiro atoms. The van der Waals surface area contributed by atoms with E-state index in [0.717, 1.165) is 36.2 Å². The molecule has 1 aliphatic rings. The number of hydrogen-bond donors (Lipinski definition) is 2. The first-order valence-corrected chi connectivity index (χ1v) is 10.2. The topological polar surface area (TPSA) is 102 Å². The molecule has 0 bridgehead atoms. The lowest BCUT2D eigenvalue weighted by Gasteiger charge is -2.21. The fourth-order valence-corrected chi connectivity index (χ4v) is 3.90. The number of rotatable bonds is 5. The first-order valence-electron chi connectivity index (χ1n) is 10.2. The summed E-state index contributed by atoms with van der Waals surface area (Å²) in [7, 11) is 0. The minimum absolute atomic E-state index is 0.0815. The van der Waals surface area contributed by atoms with Crippen LogP contribution in [0.25, 0.3) is 10.8 Å². The van der Waals surface area contributed by atoms with Crippen molar-refractivity contribution in [2.24, 2.45) is 0 Å². The zero-order chi connectivity index (χ0) is 20.9. The second-order valence-electron chi connectivity index (χ2n) is 7.48. The standard InChI is InChI=1S/C22H25N5O3/c28-13-12-26-8-3-9-27(11-10-26)22(30)20-15-16(6-7-23-20)14-19-17-4-1-2-5-18(17)21(29)25-24-19/h1-2,4-7,15,28H,3,8-14H2,(H,25,29). The summed E-state index contributed by atoms with van der Waals surface area (Å²) < 4.78 is 0. The van der Waals surface area contributed by atoms with Crippen LogP contribution in [0, 0.1) is 0 Å². The Kier molecular flexibility index (Phi) is 6.15. The number of aromatic nitrogens is 3. The Bertz CT molecular complexity index is 1100. The van der Waals surface area contributed by atoms with Crippen LogP contribution >= 0.6 is 0 Å². The SMILES string of the molecule is O=C(c1cc(Cc2n[nH]c(=O)c3ccccc23)ccn1)N1CCCN(CCO)CC1. The maximum atomic E-state index is 13.0. The van der Waals surface area contributed by atoms with Gasteiger partial charge in [0.25, 0.3) is 11.5 Å². The van der Waals surface area contributed by atoms with E-state index in [1.54, 1.807) is 18.3 Å². The second-order valence-corrected chi connectivity index (χ2v) is 7.48. The summed E-state index contributed by atoms with van der Waals surface area (Å²) in [6.07, 6.45) is 3.01. The quantitative estimate of drug-likeness (QED) is 0.655. The maximum absolute atomic E-state index is 13.0. The lowest BCUT2D eigenvalue weighted by Crippen LogP contribution is -2.36. The van der Waals surface area contributed by atoms with E-state index in [9.17, 15) is 9.59 Å². The first-order chi connectivity index (χ1) is 14.7. The molecule has 1 saturated heterocycles. The fourth-order valence-electron chi connectivity index (χ4n) is 3.90. The smallest absolute Gasteiger partial charge is 0.272 e. The average molecular weight is 407 g/mol. The Balaban J connectivity index is 1.53. The summed E-state index contributed by atoms with van der Waals surface area (Å²) in [4.78, 5) is 33.3. The number of nitrogens with one attached hydrogen (secondary N) is 1. The van der Waals surface area contributed by atoms with Crippen molar-refractivity contribution in [3.8, 4) is 0 Å². The third-order valence-corrected chi connectivity index (χ3v) is 5.48. The molecule has 0 unspecified atom stereocenters. The highest BCUT2D eigenvalue weighted by Gasteiger charge is 2.21. The van der Waals surface area contributed by atoms with Gasteiger partial charge >= 0.3 is 0 Å². The molecular formula is C22H25N5O3. The molecule has 2 N–H and O–H groups in total. The number of carbonyl (C=O) groups excluding carboxylic acids is 1. The van der Waals surface area contributed by atoms with E-state index >= 15 is 0 Å². The Labute approximate surface area is 174 Å². The first kappa shape index (κ1) is 20.2. The van der Waals surface area contributed by atoms with Crippen LogP contribution in [0.5, 0.6) is 0 Å². The van der Waals surface area contributed by atoms with Crippen molar-refractivity contribution in [3.63, 3.8) is 0 Å². The monoisotopic (exact) mass is 407 g/mol. The highest BCUT2D eigenvalue weighted by atomic mass is 16.3. The van der Waals surface area contributed by atoms with Crippen LogP contribution in [-0.4, -0.2) is 75.3 Å². The summed E-state index contributed by atoms with van der Waals surface area (Å²) >= 11 is 0. The van der Waals surface area contributed by atoms with Crippen molar-refractivity contribution in [1.29, 1.82) is 0 Å². The van der Waals surface area contributed by atoms with Crippen molar-refractivity contribution in [2.75, 3.05) is 39.3 Å². The van der Waals surface area contributed by atoms with E-state index in [1.165, 1.54) is 0 Å². The number of benzene rings is 1. The van der Waals surface area contributed by atoms with Gasteiger partial charge in [0.05, 0.1) is 17.7 Å². The van der Waals surface area contributed by atoms with Crippen molar-refractivity contribution < 1.29 is 9.90 Å². The van der Waals surface area contributed by atoms with E-state index in [0.29, 0.717) is 37.1 Å². The molecule has 4 rings (SSSR count). The number of hydrogen-bond acceptors (Lipinski definition) is 6. The number of aliphatic hydroxyl groups excluding tert-OH is 1. The molecule has 8 heteroatoms. The number of fused-ring (bicyclic) bond motifs is 1. The predicted molar refractivity (Wildman–Crippen MR) is 113 cm³/mol. The average Bonchev–Trinajstić information content (AvgIpc) is 3.02. The zero-order valence-electron chi connectivity index (χ0n) is 16.8. The Morgan fingerprint density at radius 1 is 1.10 bits per heavy atom. The molecule has 1 fully saturated rings. The molecule has 8 nitrogen and oxygen atoms in total. The Hall–Kier alpha value is -3.10. The highest BCUT2D eigenvalue weighted by molar-refractivity contribution is 5.92. The van der Waals surface area contributed by atoms with E-state index in [4.69, 9.17) is 5.11 Å². The second kappa shape index (κ2) is 9.15. The molecule has 0 saturated carbocycles. The molecule has 3 aromatic rings. The molecule has 0 aliphatic carbocycles. The van der Waals surface area contributed by atoms with Gasteiger partial charge in [0.2, 0.25) is 0 Å². The summed E-state index contributed by atoms with van der Waals surface area (Å²) in [5.41, 5.74) is 1.87. The number of aromatic amines is 1. The normalized spacial score (nSPS) is 15.3. The number of nitrogens with zero attached hydrogens (tertiary/aromatic N) is 4. The number of carbonyl (C=O) groups is 1. The van der Waals surface area contributed by atoms with Gasteiger partial charge in [-0.1, -0.05) is 18.2 Å². The molecule has 1 aliphatic heterocycles. The van der Waals surface area contributed by atoms with Gasteiger partial charge < -0.3 is 10.0 Å². The lowest BCUT2D eigenvalue weighted by atomic mass is 10.0. The molecule has 2 aromatic heterocycles. The van der Waals surface area contributed by atoms with Gasteiger partial charge in [-0.2, -0.15) is 5.10 Å². The third kappa shape index (κ3) is 4.39. The van der Waals surface area contributed by atoms with Crippen LogP contribution in [0.15, 0.2) is 47.4 Å². The fraction of sp³-hybridized carbons (Fsp3) is 0.364. The number of amides is 1. The summed E-state index contributed by atoms with van der Waals surface area (Å²) in [5, 5.41) is 17.3. The van der Waals surface area contributed by atoms with Crippen LogP contribution in [0.4, 0.5) is 0 Å². The lowest BCUT2D eigenvalue weighted by molar-refractivity contribution is 0.0754. The van der Waals surface area contributed by atoms with Crippen LogP contribution < -0.4 is 5.56 Å². The Morgan fingerprint density at radius 2 is 1.93 bits per heavy atom. The number of pyridine rings is 1. The molecule has 0 radical (unpaired) electrons. The largest absolute Gasteiger partial charge is 0.395 e. The van der Waals surface area contributed by atoms with Crippen molar-refractivity contribution in [3.05, 3.63) is 69.9 Å². The van der Waals surface area contributed by atoms with Crippen molar-refractivity contribution in [2.45, 2.75) is 12.8 Å². The maximum Gasteiger partial charge on any atom is 0.272 e. The number of aliphatic hydroxyl groups is 1. The molecular weight excluding hydrogens is 382 g/mol. The van der Waals surface area contributed by atoms with E-state index in [2.05, 4.69) is 20.1 Å². The summed E-state index contributed by atoms with van der Waals surface area (Å²) in [6.45, 7) is 3.69. The van der Waals surface area contributed by atoms with Gasteiger partial charge in [0.1, 0.15) is 5.69 Å². The molecule has 1 amide bonds. The zero-order valence-corrected chi connectivity index (χ0v) is 16.8. The van der Waals surface area contributed by atoms with E-state index in [-0.39, 0.29) is 18.1 Å². The molecule has 30 heavy (non-hydrogen) atoms. The van der Waals surface area contributed by atoms with Gasteiger partial charge in [0.15, 0.2) is 0 Å². The van der Waals surface area contributed by atoms with Crippen LogP contribution in [0.3, 0.4) is 0 Å². The van der Waals surface area contributed by atoms with Gasteiger partial charge in [-0.15, -0.1) is 0 Å². The van der Waals surface area contributed by atoms with Crippen molar-refractivity contribution >= 4 is 16.7 Å². The number of β-amino-alcohol motifs (C(OH)–C–C–N with tert-alkyl or cyclic N) is 1. The summed E-state index contributed by atoms with van der Waals surface area (Å²) in [6, 6.07) is 11.0. The van der Waals surface area contributed by atoms with Crippen molar-refractivity contribution in [1.82, 2.24) is 25.0 Å². The van der Waals surface area contributed by atoms with Gasteiger partial charge in [-0.05, 0) is 36.7 Å². The highest BCUT2D eigenvalue weighted by Crippen LogP contribution is 2.17. The van der Waals surface area contributed by atoms with Crippen LogP contribution in [0.1, 0.15) is 28.2 Å². The molecule has 1 aromatic carbocycles. The van der Waals surface area contributed by atoms with Gasteiger partial charge in [0, 0.05) is 44.2 Å². The molecule has 0 atom stereocenters.